The molecule has 7 N–H and O–H groups in total. The molecule has 4 rings (SSSR count). The fourth-order valence-corrected chi connectivity index (χ4v) is 6.10. The first-order valence-corrected chi connectivity index (χ1v) is 12.6. The fraction of sp³-hybridized carbons (Fsp3) is 0.519. The van der Waals surface area contributed by atoms with Gasteiger partial charge in [-0.25, -0.2) is 4.39 Å². The van der Waals surface area contributed by atoms with E-state index >= 15 is 4.39 Å². The molecular weight excluding hydrogens is 497 g/mol. The number of amides is 1. The molecule has 0 radical (unpaired) electrons. The van der Waals surface area contributed by atoms with E-state index in [1.54, 1.807) is 14.1 Å². The molecule has 206 valence electrons. The van der Waals surface area contributed by atoms with Gasteiger partial charge in [0.05, 0.1) is 11.6 Å². The number of ketones is 2. The third kappa shape index (κ3) is 4.09. The standard InChI is InChI=1S/C27H34FN3O7/c1-11(2)5-6-30-10-13-9-16(32)18-14(20(13)28)7-12-8-15-21(31(3)4)23(34)19(26(29)37)25(36)27(15,38)24(35)17(12)22(18)33/h9,11-12,15,21,30,32,34-35,38H,5-8,10H2,1-4H3,(H2,29,37)/t12-,15-,21-,27-/m0/s1. The number of primary amides is 1. The molecule has 0 aliphatic heterocycles. The van der Waals surface area contributed by atoms with Crippen molar-refractivity contribution in [2.24, 2.45) is 23.5 Å². The smallest absolute Gasteiger partial charge is 0.255 e. The Morgan fingerprint density at radius 3 is 2.50 bits per heavy atom. The van der Waals surface area contributed by atoms with E-state index < -0.39 is 69.6 Å². The number of phenolic OH excluding ortho intramolecular Hbond substituents is 1. The first-order chi connectivity index (χ1) is 17.7. The molecule has 0 saturated heterocycles. The highest BCUT2D eigenvalue weighted by Crippen LogP contribution is 2.52. The number of aliphatic hydroxyl groups excluding tert-OH is 2. The van der Waals surface area contributed by atoms with E-state index in [1.807, 2.05) is 0 Å². The van der Waals surface area contributed by atoms with Gasteiger partial charge in [-0.05, 0) is 57.8 Å². The third-order valence-electron chi connectivity index (χ3n) is 7.94. The van der Waals surface area contributed by atoms with E-state index in [9.17, 15) is 34.8 Å². The molecule has 0 saturated carbocycles. The van der Waals surface area contributed by atoms with Crippen LogP contribution in [0.3, 0.4) is 0 Å². The Morgan fingerprint density at radius 2 is 1.92 bits per heavy atom. The van der Waals surface area contributed by atoms with Crippen molar-refractivity contribution >= 4 is 17.5 Å². The van der Waals surface area contributed by atoms with Crippen molar-refractivity contribution in [2.75, 3.05) is 20.6 Å². The molecule has 0 heterocycles. The Bertz CT molecular complexity index is 1290. The van der Waals surface area contributed by atoms with Crippen LogP contribution in [0.4, 0.5) is 4.39 Å². The maximum Gasteiger partial charge on any atom is 0.255 e. The number of Topliss-reactive ketones (excluding diaryl/α,β-unsaturated/α-hetero) is 2. The van der Waals surface area contributed by atoms with Gasteiger partial charge in [0.1, 0.15) is 28.7 Å². The molecule has 0 unspecified atom stereocenters. The van der Waals surface area contributed by atoms with Crippen LogP contribution in [0.1, 0.15) is 48.2 Å². The zero-order valence-electron chi connectivity index (χ0n) is 21.8. The van der Waals surface area contributed by atoms with Crippen molar-refractivity contribution in [1.82, 2.24) is 10.2 Å². The van der Waals surface area contributed by atoms with Crippen LogP contribution in [-0.2, 0) is 22.6 Å². The summed E-state index contributed by atoms with van der Waals surface area (Å²) in [5.41, 5.74) is 1.24. The third-order valence-corrected chi connectivity index (χ3v) is 7.94. The highest BCUT2D eigenvalue weighted by molar-refractivity contribution is 6.24. The number of allylic oxidation sites excluding steroid dienone is 1. The summed E-state index contributed by atoms with van der Waals surface area (Å²) in [5.74, 6) is -7.80. The number of rotatable bonds is 7. The number of hydrogen-bond donors (Lipinski definition) is 6. The lowest BCUT2D eigenvalue weighted by Crippen LogP contribution is -2.63. The predicted octanol–water partition coefficient (Wildman–Crippen LogP) is 1.40. The average Bonchev–Trinajstić information content (AvgIpc) is 2.81. The van der Waals surface area contributed by atoms with E-state index in [-0.39, 0.29) is 41.6 Å². The topological polar surface area (TPSA) is 173 Å². The Labute approximate surface area is 219 Å². The van der Waals surface area contributed by atoms with Crippen molar-refractivity contribution in [3.05, 3.63) is 51.2 Å². The second-order valence-electron chi connectivity index (χ2n) is 11.0. The second kappa shape index (κ2) is 9.79. The molecule has 10 nitrogen and oxygen atoms in total. The summed E-state index contributed by atoms with van der Waals surface area (Å²) < 4.78 is 15.6. The first kappa shape index (κ1) is 27.7. The van der Waals surface area contributed by atoms with Crippen LogP contribution < -0.4 is 11.1 Å². The number of carbonyl (C=O) groups is 3. The van der Waals surface area contributed by atoms with Crippen molar-refractivity contribution < 1.29 is 39.2 Å². The monoisotopic (exact) mass is 531 g/mol. The van der Waals surface area contributed by atoms with Gasteiger partial charge >= 0.3 is 0 Å². The minimum absolute atomic E-state index is 0.0104. The Kier molecular flexibility index (Phi) is 7.15. The number of aliphatic hydroxyl groups is 3. The lowest BCUT2D eigenvalue weighted by atomic mass is 9.58. The van der Waals surface area contributed by atoms with Gasteiger partial charge in [-0.3, -0.25) is 19.3 Å². The molecule has 0 bridgehead atoms. The number of nitrogens with one attached hydrogen (secondary N) is 1. The number of halogens is 1. The van der Waals surface area contributed by atoms with Crippen LogP contribution in [0, 0.1) is 23.6 Å². The summed E-state index contributed by atoms with van der Waals surface area (Å²) in [6, 6.07) is 0.0575. The molecule has 1 amide bonds. The van der Waals surface area contributed by atoms with Crippen LogP contribution in [0.5, 0.6) is 5.75 Å². The number of nitrogens with zero attached hydrogens (tertiary/aromatic N) is 1. The SMILES string of the molecule is CC(C)CCNCc1cc(O)c2c(c1F)C[C@H]1C[C@H]3[C@H](N(C)C)C(O)=C(C(N)=O)C(=O)[C@@]3(O)C(O)=C1C2=O. The number of benzene rings is 1. The zero-order valence-corrected chi connectivity index (χ0v) is 21.8. The van der Waals surface area contributed by atoms with E-state index in [1.165, 1.54) is 4.90 Å². The van der Waals surface area contributed by atoms with Gasteiger partial charge in [0.15, 0.2) is 11.4 Å². The predicted molar refractivity (Wildman–Crippen MR) is 135 cm³/mol. The summed E-state index contributed by atoms with van der Waals surface area (Å²) >= 11 is 0. The lowest BCUT2D eigenvalue weighted by molar-refractivity contribution is -0.148. The van der Waals surface area contributed by atoms with Crippen LogP contribution in [0.2, 0.25) is 0 Å². The summed E-state index contributed by atoms with van der Waals surface area (Å²) in [6.45, 7) is 4.91. The van der Waals surface area contributed by atoms with Gasteiger partial charge in [0, 0.05) is 29.2 Å². The summed E-state index contributed by atoms with van der Waals surface area (Å²) in [5, 5.41) is 47.4. The minimum Gasteiger partial charge on any atom is -0.510 e. The molecule has 38 heavy (non-hydrogen) atoms. The molecule has 3 aliphatic carbocycles. The van der Waals surface area contributed by atoms with Crippen molar-refractivity contribution in [3.8, 4) is 5.75 Å². The van der Waals surface area contributed by atoms with Crippen LogP contribution >= 0.6 is 0 Å². The van der Waals surface area contributed by atoms with Crippen LogP contribution in [0.15, 0.2) is 28.7 Å². The Balaban J connectivity index is 1.81. The van der Waals surface area contributed by atoms with Crippen molar-refractivity contribution in [3.63, 3.8) is 0 Å². The zero-order chi connectivity index (χ0) is 28.3. The van der Waals surface area contributed by atoms with Gasteiger partial charge in [-0.1, -0.05) is 13.8 Å². The molecular formula is C27H34FN3O7. The van der Waals surface area contributed by atoms with Gasteiger partial charge in [-0.15, -0.1) is 0 Å². The van der Waals surface area contributed by atoms with Gasteiger partial charge in [0.2, 0.25) is 5.78 Å². The van der Waals surface area contributed by atoms with Gasteiger partial charge < -0.3 is 31.5 Å². The fourth-order valence-electron chi connectivity index (χ4n) is 6.10. The van der Waals surface area contributed by atoms with Crippen LogP contribution in [0.25, 0.3) is 0 Å². The normalized spacial score (nSPS) is 27.1. The number of phenols is 1. The summed E-state index contributed by atoms with van der Waals surface area (Å²) in [6.07, 6.45) is 0.692. The van der Waals surface area contributed by atoms with E-state index in [0.717, 1.165) is 12.5 Å². The molecule has 11 heteroatoms. The number of hydrogen-bond acceptors (Lipinski definition) is 9. The Hall–Kier alpha value is -3.28. The maximum atomic E-state index is 15.6. The minimum atomic E-state index is -2.72. The van der Waals surface area contributed by atoms with Crippen molar-refractivity contribution in [1.29, 1.82) is 0 Å². The summed E-state index contributed by atoms with van der Waals surface area (Å²) in [7, 11) is 3.09. The first-order valence-electron chi connectivity index (χ1n) is 12.6. The van der Waals surface area contributed by atoms with Crippen molar-refractivity contribution in [2.45, 2.75) is 51.3 Å². The van der Waals surface area contributed by atoms with E-state index in [4.69, 9.17) is 5.73 Å². The van der Waals surface area contributed by atoms with E-state index in [2.05, 4.69) is 19.2 Å². The van der Waals surface area contributed by atoms with E-state index in [0.29, 0.717) is 12.5 Å². The molecule has 4 atom stereocenters. The van der Waals surface area contributed by atoms with Gasteiger partial charge in [-0.2, -0.15) is 0 Å². The highest BCUT2D eigenvalue weighted by atomic mass is 19.1. The number of aromatic hydroxyl groups is 1. The molecule has 3 aliphatic rings. The Morgan fingerprint density at radius 1 is 1.26 bits per heavy atom. The molecule has 0 fully saturated rings. The molecule has 1 aromatic carbocycles. The molecule has 0 aromatic heterocycles. The lowest BCUT2D eigenvalue weighted by Gasteiger charge is -2.50. The number of carbonyl (C=O) groups excluding carboxylic acids is 3. The number of nitrogens with two attached hydrogens (primary N) is 1. The largest absolute Gasteiger partial charge is 0.510 e. The maximum absolute atomic E-state index is 15.6. The number of fused-ring (bicyclic) bond motifs is 3. The highest BCUT2D eigenvalue weighted by Gasteiger charge is 2.63. The molecule has 1 aromatic rings. The summed E-state index contributed by atoms with van der Waals surface area (Å²) in [4.78, 5) is 40.3. The van der Waals surface area contributed by atoms with Gasteiger partial charge in [0.25, 0.3) is 5.91 Å². The second-order valence-corrected chi connectivity index (χ2v) is 11.0. The quantitative estimate of drug-likeness (QED) is 0.224. The average molecular weight is 532 g/mol. The number of likely N-dealkylation sites (N-methyl/N-ethyl adjacent to an activating group) is 1. The van der Waals surface area contributed by atoms with Crippen LogP contribution in [-0.4, -0.2) is 75.1 Å². The molecule has 0 spiro atoms.